The maximum absolute atomic E-state index is 13.3. The van der Waals surface area contributed by atoms with Gasteiger partial charge >= 0.3 is 0 Å². The predicted molar refractivity (Wildman–Crippen MR) is 76.3 cm³/mol. The highest BCUT2D eigenvalue weighted by Gasteiger charge is 2.30. The van der Waals surface area contributed by atoms with Crippen molar-refractivity contribution < 1.29 is 12.8 Å². The Balaban J connectivity index is 2.25. The van der Waals surface area contributed by atoms with Crippen molar-refractivity contribution in [2.24, 2.45) is 0 Å². The third-order valence-electron chi connectivity index (χ3n) is 3.77. The van der Waals surface area contributed by atoms with E-state index < -0.39 is 15.8 Å². The minimum absolute atomic E-state index is 0.0549. The molecule has 0 unspecified atom stereocenters. The van der Waals surface area contributed by atoms with E-state index in [4.69, 9.17) is 5.73 Å². The lowest BCUT2D eigenvalue weighted by atomic mass is 10.1. The zero-order valence-electron chi connectivity index (χ0n) is 11.7. The largest absolute Gasteiger partial charge is 0.399 e. The Hall–Kier alpha value is -1.18. The standard InChI is InChI=1S/C13H20FN3O2S/c1-16-5-3-12(4-6-16)17(2)20(18,19)13-8-10(14)7-11(15)9-13/h7-9,12H,3-6,15H2,1-2H3. The molecule has 0 radical (unpaired) electrons. The van der Waals surface area contributed by atoms with E-state index in [0.29, 0.717) is 0 Å². The zero-order chi connectivity index (χ0) is 14.9. The van der Waals surface area contributed by atoms with Crippen LogP contribution in [0.25, 0.3) is 0 Å². The molecule has 1 aromatic rings. The quantitative estimate of drug-likeness (QED) is 0.850. The van der Waals surface area contributed by atoms with Crippen LogP contribution in [0, 0.1) is 5.82 Å². The number of nitrogens with two attached hydrogens (primary N) is 1. The molecule has 0 amide bonds. The fourth-order valence-electron chi connectivity index (χ4n) is 2.45. The molecule has 1 saturated heterocycles. The second-order valence-electron chi connectivity index (χ2n) is 5.28. The maximum Gasteiger partial charge on any atom is 0.243 e. The highest BCUT2D eigenvalue weighted by atomic mass is 32.2. The second kappa shape index (κ2) is 5.67. The summed E-state index contributed by atoms with van der Waals surface area (Å²) in [4.78, 5) is 2.08. The number of hydrogen-bond acceptors (Lipinski definition) is 4. The van der Waals surface area contributed by atoms with Crippen LogP contribution in [-0.4, -0.2) is 50.8 Å². The fourth-order valence-corrected chi connectivity index (χ4v) is 3.94. The van der Waals surface area contributed by atoms with Crippen molar-refractivity contribution in [1.82, 2.24) is 9.21 Å². The normalized spacial score (nSPS) is 18.6. The highest BCUT2D eigenvalue weighted by Crippen LogP contribution is 2.24. The van der Waals surface area contributed by atoms with Gasteiger partial charge < -0.3 is 10.6 Å². The number of sulfonamides is 1. The molecule has 112 valence electrons. The first-order valence-electron chi connectivity index (χ1n) is 6.53. The lowest BCUT2D eigenvalue weighted by Gasteiger charge is -2.34. The summed E-state index contributed by atoms with van der Waals surface area (Å²) in [6.45, 7) is 1.71. The molecule has 5 nitrogen and oxygen atoms in total. The van der Waals surface area contributed by atoms with E-state index in [1.807, 2.05) is 7.05 Å². The molecule has 0 saturated carbocycles. The van der Waals surface area contributed by atoms with E-state index >= 15 is 0 Å². The zero-order valence-corrected chi connectivity index (χ0v) is 12.5. The van der Waals surface area contributed by atoms with E-state index in [1.165, 1.54) is 10.4 Å². The predicted octanol–water partition coefficient (Wildman–Crippen LogP) is 1.12. The molecule has 0 bridgehead atoms. The summed E-state index contributed by atoms with van der Waals surface area (Å²) in [5.41, 5.74) is 5.63. The smallest absolute Gasteiger partial charge is 0.243 e. The summed E-state index contributed by atoms with van der Waals surface area (Å²) in [7, 11) is -0.146. The Morgan fingerprint density at radius 1 is 1.30 bits per heavy atom. The summed E-state index contributed by atoms with van der Waals surface area (Å²) in [5.74, 6) is -0.639. The van der Waals surface area contributed by atoms with Crippen LogP contribution in [0.3, 0.4) is 0 Å². The summed E-state index contributed by atoms with van der Waals surface area (Å²) in [6, 6.07) is 3.36. The molecular weight excluding hydrogens is 281 g/mol. The van der Waals surface area contributed by atoms with Gasteiger partial charge in [-0.1, -0.05) is 0 Å². The van der Waals surface area contributed by atoms with Gasteiger partial charge in [-0.05, 0) is 51.2 Å². The maximum atomic E-state index is 13.3. The van der Waals surface area contributed by atoms with Crippen molar-refractivity contribution in [2.45, 2.75) is 23.8 Å². The summed E-state index contributed by atoms with van der Waals surface area (Å²) >= 11 is 0. The number of nitrogen functional groups attached to an aromatic ring is 1. The van der Waals surface area contributed by atoms with E-state index in [2.05, 4.69) is 4.90 Å². The molecule has 0 aliphatic carbocycles. The summed E-state index contributed by atoms with van der Waals surface area (Å²) < 4.78 is 39.7. The van der Waals surface area contributed by atoms with Crippen molar-refractivity contribution in [3.8, 4) is 0 Å². The summed E-state index contributed by atoms with van der Waals surface area (Å²) in [5, 5.41) is 0. The Labute approximate surface area is 119 Å². The van der Waals surface area contributed by atoms with E-state index in [9.17, 15) is 12.8 Å². The Morgan fingerprint density at radius 2 is 1.90 bits per heavy atom. The minimum atomic E-state index is -3.71. The Morgan fingerprint density at radius 3 is 2.45 bits per heavy atom. The molecule has 7 heteroatoms. The van der Waals surface area contributed by atoms with Gasteiger partial charge in [0.15, 0.2) is 0 Å². The van der Waals surface area contributed by atoms with Crippen molar-refractivity contribution in [1.29, 1.82) is 0 Å². The number of hydrogen-bond donors (Lipinski definition) is 1. The molecule has 1 heterocycles. The van der Waals surface area contributed by atoms with Gasteiger partial charge in [0.1, 0.15) is 5.82 Å². The van der Waals surface area contributed by atoms with Crippen LogP contribution in [0.5, 0.6) is 0 Å². The molecule has 1 aliphatic heterocycles. The van der Waals surface area contributed by atoms with Gasteiger partial charge in [0, 0.05) is 18.8 Å². The van der Waals surface area contributed by atoms with Gasteiger partial charge in [0.25, 0.3) is 0 Å². The van der Waals surface area contributed by atoms with Crippen LogP contribution < -0.4 is 5.73 Å². The first-order chi connectivity index (χ1) is 9.30. The number of nitrogens with zero attached hydrogens (tertiary/aromatic N) is 2. The van der Waals surface area contributed by atoms with Gasteiger partial charge in [-0.15, -0.1) is 0 Å². The number of benzene rings is 1. The van der Waals surface area contributed by atoms with Crippen molar-refractivity contribution in [3.05, 3.63) is 24.0 Å². The fraction of sp³-hybridized carbons (Fsp3) is 0.538. The van der Waals surface area contributed by atoms with Gasteiger partial charge in [-0.25, -0.2) is 12.8 Å². The third-order valence-corrected chi connectivity index (χ3v) is 5.66. The summed E-state index contributed by atoms with van der Waals surface area (Å²) in [6.07, 6.45) is 1.55. The van der Waals surface area contributed by atoms with E-state index in [1.54, 1.807) is 7.05 Å². The van der Waals surface area contributed by atoms with Crippen LogP contribution in [0.4, 0.5) is 10.1 Å². The number of piperidine rings is 1. The molecule has 2 N–H and O–H groups in total. The first-order valence-corrected chi connectivity index (χ1v) is 7.97. The molecule has 0 spiro atoms. The lowest BCUT2D eigenvalue weighted by Crippen LogP contribution is -2.44. The van der Waals surface area contributed by atoms with Crippen LogP contribution in [0.1, 0.15) is 12.8 Å². The molecule has 0 aromatic heterocycles. The average Bonchev–Trinajstić information content (AvgIpc) is 2.37. The number of halogens is 1. The monoisotopic (exact) mass is 301 g/mol. The SMILES string of the molecule is CN1CCC(N(C)S(=O)(=O)c2cc(N)cc(F)c2)CC1. The molecule has 1 aliphatic rings. The Kier molecular flexibility index (Phi) is 4.31. The van der Waals surface area contributed by atoms with Gasteiger partial charge in [0.2, 0.25) is 10.0 Å². The van der Waals surface area contributed by atoms with E-state index in [-0.39, 0.29) is 16.6 Å². The second-order valence-corrected chi connectivity index (χ2v) is 7.27. The van der Waals surface area contributed by atoms with Crippen molar-refractivity contribution in [2.75, 3.05) is 32.9 Å². The van der Waals surface area contributed by atoms with Gasteiger partial charge in [-0.3, -0.25) is 0 Å². The molecule has 0 atom stereocenters. The topological polar surface area (TPSA) is 66.6 Å². The molecule has 1 fully saturated rings. The van der Waals surface area contributed by atoms with E-state index in [0.717, 1.165) is 38.1 Å². The van der Waals surface area contributed by atoms with Crippen LogP contribution in [0.15, 0.2) is 23.1 Å². The highest BCUT2D eigenvalue weighted by molar-refractivity contribution is 7.89. The number of anilines is 1. The van der Waals surface area contributed by atoms with Crippen LogP contribution in [0.2, 0.25) is 0 Å². The Bertz CT molecular complexity index is 563. The lowest BCUT2D eigenvalue weighted by molar-refractivity contribution is 0.197. The number of rotatable bonds is 3. The third kappa shape index (κ3) is 3.11. The van der Waals surface area contributed by atoms with Gasteiger partial charge in [-0.2, -0.15) is 4.31 Å². The molecule has 2 rings (SSSR count). The van der Waals surface area contributed by atoms with Crippen LogP contribution >= 0.6 is 0 Å². The minimum Gasteiger partial charge on any atom is -0.399 e. The number of likely N-dealkylation sites (tertiary alicyclic amines) is 1. The molecule has 20 heavy (non-hydrogen) atoms. The van der Waals surface area contributed by atoms with Crippen LogP contribution in [-0.2, 0) is 10.0 Å². The first kappa shape index (κ1) is 15.2. The van der Waals surface area contributed by atoms with Crippen molar-refractivity contribution >= 4 is 15.7 Å². The molecule has 1 aromatic carbocycles. The van der Waals surface area contributed by atoms with Gasteiger partial charge in [0.05, 0.1) is 4.90 Å². The average molecular weight is 301 g/mol. The molecular formula is C13H20FN3O2S. The van der Waals surface area contributed by atoms with Crippen molar-refractivity contribution in [3.63, 3.8) is 0 Å².